The topological polar surface area (TPSA) is 60.3 Å². The Morgan fingerprint density at radius 1 is 1.23 bits per heavy atom. The van der Waals surface area contributed by atoms with Gasteiger partial charge < -0.3 is 14.6 Å². The number of nitrogens with zero attached hydrogens (tertiary/aromatic N) is 1. The molecule has 1 heterocycles. The molecule has 1 aromatic heterocycles. The molecule has 0 bridgehead atoms. The molecule has 140 valence electrons. The summed E-state index contributed by atoms with van der Waals surface area (Å²) in [5.74, 6) is -1.50. The minimum absolute atomic E-state index is 0.172. The van der Waals surface area contributed by atoms with E-state index in [2.05, 4.69) is 5.32 Å². The molecule has 0 spiro atoms. The molecule has 0 saturated carbocycles. The van der Waals surface area contributed by atoms with E-state index in [0.717, 1.165) is 17.5 Å². The summed E-state index contributed by atoms with van der Waals surface area (Å²) in [6, 6.07) is 5.72. The highest BCUT2D eigenvalue weighted by Crippen LogP contribution is 2.22. The van der Waals surface area contributed by atoms with Gasteiger partial charge in [0.1, 0.15) is 5.56 Å². The van der Waals surface area contributed by atoms with E-state index in [4.69, 9.17) is 4.74 Å². The number of carbonyl (C=O) groups excluding carboxylic acids is 1. The second kappa shape index (κ2) is 8.27. The maximum Gasteiger partial charge on any atom is 0.261 e. The molecule has 0 atom stereocenters. The third-order valence-electron chi connectivity index (χ3n) is 4.64. The first-order valence-corrected chi connectivity index (χ1v) is 8.61. The first kappa shape index (κ1) is 19.8. The van der Waals surface area contributed by atoms with Crippen LogP contribution in [-0.4, -0.2) is 24.2 Å². The normalized spacial score (nSPS) is 10.8. The van der Waals surface area contributed by atoms with Gasteiger partial charge in [0, 0.05) is 25.0 Å². The zero-order valence-corrected chi connectivity index (χ0v) is 15.9. The Balaban J connectivity index is 2.53. The molecule has 0 aliphatic rings. The van der Waals surface area contributed by atoms with Crippen LogP contribution in [-0.2, 0) is 17.7 Å². The molecule has 2 rings (SSSR count). The van der Waals surface area contributed by atoms with Gasteiger partial charge in [-0.1, -0.05) is 25.1 Å². The summed E-state index contributed by atoms with van der Waals surface area (Å²) in [5.41, 5.74) is 2.10. The Morgan fingerprint density at radius 2 is 1.92 bits per heavy atom. The highest BCUT2D eigenvalue weighted by molar-refractivity contribution is 6.05. The maximum absolute atomic E-state index is 14.4. The van der Waals surface area contributed by atoms with Crippen molar-refractivity contribution in [3.8, 4) is 0 Å². The first-order chi connectivity index (χ1) is 12.3. The minimum Gasteiger partial charge on any atom is -0.383 e. The van der Waals surface area contributed by atoms with E-state index >= 15 is 0 Å². The van der Waals surface area contributed by atoms with E-state index in [1.54, 1.807) is 18.6 Å². The van der Waals surface area contributed by atoms with Crippen molar-refractivity contribution in [1.29, 1.82) is 0 Å². The third-order valence-corrected chi connectivity index (χ3v) is 4.64. The molecule has 6 heteroatoms. The number of para-hydroxylation sites is 1. The maximum atomic E-state index is 14.4. The van der Waals surface area contributed by atoms with E-state index in [9.17, 15) is 14.0 Å². The number of halogens is 1. The largest absolute Gasteiger partial charge is 0.383 e. The molecule has 0 radical (unpaired) electrons. The zero-order valence-electron chi connectivity index (χ0n) is 15.9. The molecule has 5 nitrogen and oxygen atoms in total. The number of aromatic nitrogens is 1. The summed E-state index contributed by atoms with van der Waals surface area (Å²) in [5, 5.41) is 2.81. The Morgan fingerprint density at radius 3 is 2.54 bits per heavy atom. The number of hydrogen-bond acceptors (Lipinski definition) is 3. The van der Waals surface area contributed by atoms with Gasteiger partial charge in [0.25, 0.3) is 5.91 Å². The highest BCUT2D eigenvalue weighted by Gasteiger charge is 2.23. The van der Waals surface area contributed by atoms with Gasteiger partial charge in [-0.05, 0) is 38.3 Å². The third kappa shape index (κ3) is 3.70. The molecule has 26 heavy (non-hydrogen) atoms. The monoisotopic (exact) mass is 360 g/mol. The molecule has 0 unspecified atom stereocenters. The number of rotatable bonds is 6. The predicted octanol–water partition coefficient (Wildman–Crippen LogP) is 3.37. The molecule has 1 aromatic carbocycles. The molecule has 1 amide bonds. The van der Waals surface area contributed by atoms with E-state index < -0.39 is 17.2 Å². The van der Waals surface area contributed by atoms with Crippen LogP contribution in [0.25, 0.3) is 0 Å². The van der Waals surface area contributed by atoms with Crippen molar-refractivity contribution in [2.75, 3.05) is 19.0 Å². The summed E-state index contributed by atoms with van der Waals surface area (Å²) in [6.45, 7) is 7.75. The Hall–Kier alpha value is -2.47. The van der Waals surface area contributed by atoms with Crippen LogP contribution in [0, 0.1) is 26.6 Å². The van der Waals surface area contributed by atoms with Crippen molar-refractivity contribution in [3.05, 3.63) is 62.3 Å². The van der Waals surface area contributed by atoms with Crippen LogP contribution >= 0.6 is 0 Å². The number of amides is 1. The van der Waals surface area contributed by atoms with Crippen molar-refractivity contribution in [2.24, 2.45) is 0 Å². The van der Waals surface area contributed by atoms with Gasteiger partial charge in [-0.2, -0.15) is 0 Å². The van der Waals surface area contributed by atoms with Crippen molar-refractivity contribution in [3.63, 3.8) is 0 Å². The number of methoxy groups -OCH3 is 1. The fourth-order valence-corrected chi connectivity index (χ4v) is 3.11. The van der Waals surface area contributed by atoms with Crippen LogP contribution in [0.15, 0.2) is 23.0 Å². The zero-order chi connectivity index (χ0) is 19.4. The van der Waals surface area contributed by atoms with Gasteiger partial charge >= 0.3 is 0 Å². The number of nitrogens with one attached hydrogen (secondary N) is 1. The summed E-state index contributed by atoms with van der Waals surface area (Å²) >= 11 is 0. The lowest BCUT2D eigenvalue weighted by Crippen LogP contribution is -2.31. The van der Waals surface area contributed by atoms with E-state index in [1.165, 1.54) is 6.92 Å². The van der Waals surface area contributed by atoms with E-state index in [-0.39, 0.29) is 11.3 Å². The fourth-order valence-electron chi connectivity index (χ4n) is 3.11. The number of hydrogen-bond donors (Lipinski definition) is 1. The van der Waals surface area contributed by atoms with Gasteiger partial charge in [0.05, 0.1) is 12.3 Å². The van der Waals surface area contributed by atoms with Gasteiger partial charge in [0.15, 0.2) is 5.82 Å². The van der Waals surface area contributed by atoms with Crippen LogP contribution in [0.5, 0.6) is 0 Å². The van der Waals surface area contributed by atoms with Crippen LogP contribution in [0.3, 0.4) is 0 Å². The summed E-state index contributed by atoms with van der Waals surface area (Å²) in [4.78, 5) is 25.3. The van der Waals surface area contributed by atoms with Crippen molar-refractivity contribution in [2.45, 2.75) is 40.7 Å². The number of anilines is 1. The standard InChI is InChI=1S/C20H25FN2O3/c1-6-15-9-7-8-12(2)18(15)22-20(25)16-13(3)23(10-11-26-5)14(4)17(21)19(16)24/h7-9H,6,10-11H2,1-5H3,(H,22,25). The molecule has 2 aromatic rings. The number of aryl methyl sites for hydroxylation is 2. The molecule has 1 N–H and O–H groups in total. The second-order valence-electron chi connectivity index (χ2n) is 6.25. The van der Waals surface area contributed by atoms with Gasteiger partial charge in [-0.3, -0.25) is 9.59 Å². The van der Waals surface area contributed by atoms with Gasteiger partial charge in [0.2, 0.25) is 5.43 Å². The van der Waals surface area contributed by atoms with Crippen LogP contribution in [0.4, 0.5) is 10.1 Å². The van der Waals surface area contributed by atoms with Crippen LogP contribution in [0.1, 0.15) is 39.8 Å². The molecular formula is C20H25FN2O3. The number of pyridine rings is 1. The van der Waals surface area contributed by atoms with E-state index in [1.807, 2.05) is 32.0 Å². The quantitative estimate of drug-likeness (QED) is 0.859. The lowest BCUT2D eigenvalue weighted by molar-refractivity contribution is 0.102. The summed E-state index contributed by atoms with van der Waals surface area (Å²) < 4.78 is 21.1. The molecular weight excluding hydrogens is 335 g/mol. The molecule has 0 aliphatic carbocycles. The lowest BCUT2D eigenvalue weighted by atomic mass is 10.0. The molecule has 0 fully saturated rings. The average Bonchev–Trinajstić information content (AvgIpc) is 2.61. The predicted molar refractivity (Wildman–Crippen MR) is 101 cm³/mol. The fraction of sp³-hybridized carbons (Fsp3) is 0.400. The van der Waals surface area contributed by atoms with Gasteiger partial charge in [-0.25, -0.2) is 4.39 Å². The highest BCUT2D eigenvalue weighted by atomic mass is 19.1. The Kier molecular flexibility index (Phi) is 6.32. The number of carbonyl (C=O) groups is 1. The number of ether oxygens (including phenoxy) is 1. The van der Waals surface area contributed by atoms with Crippen molar-refractivity contribution < 1.29 is 13.9 Å². The Bertz CT molecular complexity index is 888. The lowest BCUT2D eigenvalue weighted by Gasteiger charge is -2.19. The Labute approximate surface area is 152 Å². The average molecular weight is 360 g/mol. The number of benzene rings is 1. The van der Waals surface area contributed by atoms with Crippen molar-refractivity contribution >= 4 is 11.6 Å². The molecule has 0 saturated heterocycles. The summed E-state index contributed by atoms with van der Waals surface area (Å²) in [6.07, 6.45) is 0.733. The SMILES string of the molecule is CCc1cccc(C)c1NC(=O)c1c(C)n(CCOC)c(C)c(F)c1=O. The second-order valence-corrected chi connectivity index (χ2v) is 6.25. The minimum atomic E-state index is -0.905. The summed E-state index contributed by atoms with van der Waals surface area (Å²) in [7, 11) is 1.54. The van der Waals surface area contributed by atoms with Crippen molar-refractivity contribution in [1.82, 2.24) is 4.57 Å². The van der Waals surface area contributed by atoms with E-state index in [0.29, 0.717) is 24.5 Å². The van der Waals surface area contributed by atoms with Crippen LogP contribution in [0.2, 0.25) is 0 Å². The smallest absolute Gasteiger partial charge is 0.261 e. The van der Waals surface area contributed by atoms with Gasteiger partial charge in [-0.15, -0.1) is 0 Å². The molecule has 0 aliphatic heterocycles. The first-order valence-electron chi connectivity index (χ1n) is 8.61. The van der Waals surface area contributed by atoms with Crippen LogP contribution < -0.4 is 10.7 Å².